The largest absolute Gasteiger partial charge is 0.482 e. The number of nitrogens with zero attached hydrogens (tertiary/aromatic N) is 1. The van der Waals surface area contributed by atoms with Gasteiger partial charge in [0.2, 0.25) is 0 Å². The van der Waals surface area contributed by atoms with Crippen LogP contribution in [0, 0.1) is 0 Å². The van der Waals surface area contributed by atoms with Crippen molar-refractivity contribution in [3.63, 3.8) is 0 Å². The molecule has 0 unspecified atom stereocenters. The molecular formula is C12H12N2O3. The van der Waals surface area contributed by atoms with Crippen molar-refractivity contribution in [3.05, 3.63) is 48.7 Å². The van der Waals surface area contributed by atoms with Gasteiger partial charge in [0.1, 0.15) is 11.5 Å². The average molecular weight is 232 g/mol. The van der Waals surface area contributed by atoms with Gasteiger partial charge in [-0.25, -0.2) is 0 Å². The zero-order valence-electron chi connectivity index (χ0n) is 9.13. The number of carbonyl (C=O) groups excluding carboxylic acids is 1. The second-order valence-electron chi connectivity index (χ2n) is 3.33. The van der Waals surface area contributed by atoms with Crippen molar-refractivity contribution in [3.8, 4) is 5.75 Å². The topological polar surface area (TPSA) is 64.4 Å². The number of pyridine rings is 1. The van der Waals surface area contributed by atoms with Crippen LogP contribution in [0.15, 0.2) is 47.3 Å². The molecule has 0 aliphatic carbocycles. The van der Waals surface area contributed by atoms with Gasteiger partial charge < -0.3 is 14.5 Å². The van der Waals surface area contributed by atoms with Gasteiger partial charge in [-0.3, -0.25) is 9.78 Å². The molecule has 0 aromatic carbocycles. The van der Waals surface area contributed by atoms with Crippen LogP contribution in [-0.4, -0.2) is 17.5 Å². The van der Waals surface area contributed by atoms with Crippen LogP contribution in [0.1, 0.15) is 5.76 Å². The van der Waals surface area contributed by atoms with Crippen molar-refractivity contribution >= 4 is 5.91 Å². The van der Waals surface area contributed by atoms with E-state index in [0.717, 1.165) is 0 Å². The molecule has 0 aliphatic heterocycles. The minimum Gasteiger partial charge on any atom is -0.482 e. The Balaban J connectivity index is 1.71. The second-order valence-corrected chi connectivity index (χ2v) is 3.33. The van der Waals surface area contributed by atoms with Gasteiger partial charge in [-0.05, 0) is 24.3 Å². The lowest BCUT2D eigenvalue weighted by molar-refractivity contribution is -0.123. The summed E-state index contributed by atoms with van der Waals surface area (Å²) in [7, 11) is 0. The zero-order chi connectivity index (χ0) is 11.9. The van der Waals surface area contributed by atoms with Crippen molar-refractivity contribution in [2.24, 2.45) is 0 Å². The Kier molecular flexibility index (Phi) is 3.75. The first-order valence-electron chi connectivity index (χ1n) is 5.16. The summed E-state index contributed by atoms with van der Waals surface area (Å²) >= 11 is 0. The van der Waals surface area contributed by atoms with E-state index in [0.29, 0.717) is 18.1 Å². The number of rotatable bonds is 5. The Morgan fingerprint density at radius 3 is 3.06 bits per heavy atom. The summed E-state index contributed by atoms with van der Waals surface area (Å²) in [4.78, 5) is 15.3. The van der Waals surface area contributed by atoms with Gasteiger partial charge in [0.15, 0.2) is 6.61 Å². The minimum absolute atomic E-state index is 0.0353. The predicted octanol–water partition coefficient (Wildman–Crippen LogP) is 1.37. The number of hydrogen-bond donors (Lipinski definition) is 1. The molecule has 0 atom stereocenters. The maximum absolute atomic E-state index is 11.4. The molecule has 2 aromatic rings. The maximum atomic E-state index is 11.4. The molecular weight excluding hydrogens is 220 g/mol. The molecule has 88 valence electrons. The Bertz CT molecular complexity index is 454. The Morgan fingerprint density at radius 1 is 1.41 bits per heavy atom. The first-order valence-corrected chi connectivity index (χ1v) is 5.16. The SMILES string of the molecule is O=C(COc1cccnc1)NCc1ccco1. The number of amides is 1. The highest BCUT2D eigenvalue weighted by Gasteiger charge is 2.03. The van der Waals surface area contributed by atoms with E-state index >= 15 is 0 Å². The monoisotopic (exact) mass is 232 g/mol. The molecule has 0 radical (unpaired) electrons. The molecule has 1 N–H and O–H groups in total. The normalized spacial score (nSPS) is 9.88. The highest BCUT2D eigenvalue weighted by molar-refractivity contribution is 5.77. The second kappa shape index (κ2) is 5.69. The van der Waals surface area contributed by atoms with E-state index in [1.54, 1.807) is 42.9 Å². The lowest BCUT2D eigenvalue weighted by Gasteiger charge is -2.05. The van der Waals surface area contributed by atoms with Gasteiger partial charge in [-0.2, -0.15) is 0 Å². The van der Waals surface area contributed by atoms with Crippen molar-refractivity contribution in [1.82, 2.24) is 10.3 Å². The quantitative estimate of drug-likeness (QED) is 0.845. The van der Waals surface area contributed by atoms with Crippen LogP contribution in [0.25, 0.3) is 0 Å². The van der Waals surface area contributed by atoms with Gasteiger partial charge in [-0.1, -0.05) is 0 Å². The fourth-order valence-corrected chi connectivity index (χ4v) is 1.23. The fraction of sp³-hybridized carbons (Fsp3) is 0.167. The summed E-state index contributed by atoms with van der Waals surface area (Å²) in [6, 6.07) is 7.05. The zero-order valence-corrected chi connectivity index (χ0v) is 9.13. The van der Waals surface area contributed by atoms with Crippen molar-refractivity contribution in [2.45, 2.75) is 6.54 Å². The third kappa shape index (κ3) is 3.64. The van der Waals surface area contributed by atoms with Gasteiger partial charge in [-0.15, -0.1) is 0 Å². The van der Waals surface area contributed by atoms with E-state index in [9.17, 15) is 4.79 Å². The Morgan fingerprint density at radius 2 is 2.35 bits per heavy atom. The van der Waals surface area contributed by atoms with Gasteiger partial charge in [0.25, 0.3) is 5.91 Å². The number of hydrogen-bond acceptors (Lipinski definition) is 4. The van der Waals surface area contributed by atoms with Gasteiger partial charge >= 0.3 is 0 Å². The van der Waals surface area contributed by atoms with Crippen LogP contribution < -0.4 is 10.1 Å². The molecule has 2 heterocycles. The van der Waals surface area contributed by atoms with Crippen LogP contribution in [0.4, 0.5) is 0 Å². The number of aromatic nitrogens is 1. The van der Waals surface area contributed by atoms with Crippen LogP contribution in [0.2, 0.25) is 0 Å². The molecule has 2 rings (SSSR count). The summed E-state index contributed by atoms with van der Waals surface area (Å²) in [5.74, 6) is 1.07. The van der Waals surface area contributed by atoms with E-state index in [1.165, 1.54) is 0 Å². The van der Waals surface area contributed by atoms with Crippen molar-refractivity contribution < 1.29 is 13.9 Å². The molecule has 5 nitrogen and oxygen atoms in total. The molecule has 5 heteroatoms. The third-order valence-corrected chi connectivity index (χ3v) is 2.04. The first kappa shape index (κ1) is 11.2. The predicted molar refractivity (Wildman–Crippen MR) is 60.3 cm³/mol. The van der Waals surface area contributed by atoms with E-state index in [4.69, 9.17) is 9.15 Å². The van der Waals surface area contributed by atoms with Crippen LogP contribution >= 0.6 is 0 Å². The van der Waals surface area contributed by atoms with E-state index < -0.39 is 0 Å². The fourth-order valence-electron chi connectivity index (χ4n) is 1.23. The lowest BCUT2D eigenvalue weighted by Crippen LogP contribution is -2.28. The number of furan rings is 1. The summed E-state index contributed by atoms with van der Waals surface area (Å²) in [6.07, 6.45) is 4.76. The molecule has 0 saturated heterocycles. The van der Waals surface area contributed by atoms with Gasteiger partial charge in [0.05, 0.1) is 19.0 Å². The van der Waals surface area contributed by atoms with Crippen molar-refractivity contribution in [1.29, 1.82) is 0 Å². The van der Waals surface area contributed by atoms with E-state index in [2.05, 4.69) is 10.3 Å². The standard InChI is InChI=1S/C12H12N2O3/c15-12(14-8-11-4-2-6-16-11)9-17-10-3-1-5-13-7-10/h1-7H,8-9H2,(H,14,15). The van der Waals surface area contributed by atoms with Crippen LogP contribution in [-0.2, 0) is 11.3 Å². The highest BCUT2D eigenvalue weighted by atomic mass is 16.5. The summed E-state index contributed by atoms with van der Waals surface area (Å²) in [6.45, 7) is 0.328. The molecule has 0 bridgehead atoms. The van der Waals surface area contributed by atoms with Crippen LogP contribution in [0.3, 0.4) is 0 Å². The molecule has 0 saturated carbocycles. The first-order chi connectivity index (χ1) is 8.34. The highest BCUT2D eigenvalue weighted by Crippen LogP contribution is 2.05. The van der Waals surface area contributed by atoms with Crippen LogP contribution in [0.5, 0.6) is 5.75 Å². The minimum atomic E-state index is -0.203. The summed E-state index contributed by atoms with van der Waals surface area (Å²) in [5.41, 5.74) is 0. The van der Waals surface area contributed by atoms with Crippen molar-refractivity contribution in [2.75, 3.05) is 6.61 Å². The summed E-state index contributed by atoms with van der Waals surface area (Å²) < 4.78 is 10.3. The molecule has 0 aliphatic rings. The molecule has 1 amide bonds. The number of nitrogens with one attached hydrogen (secondary N) is 1. The lowest BCUT2D eigenvalue weighted by atomic mass is 10.4. The Labute approximate surface area is 98.4 Å². The maximum Gasteiger partial charge on any atom is 0.258 e. The molecule has 0 spiro atoms. The molecule has 17 heavy (non-hydrogen) atoms. The Hall–Kier alpha value is -2.30. The number of carbonyl (C=O) groups is 1. The van der Waals surface area contributed by atoms with E-state index in [-0.39, 0.29) is 12.5 Å². The smallest absolute Gasteiger partial charge is 0.258 e. The average Bonchev–Trinajstić information content (AvgIpc) is 2.88. The third-order valence-electron chi connectivity index (χ3n) is 2.04. The molecule has 0 fully saturated rings. The number of ether oxygens (including phenoxy) is 1. The summed E-state index contributed by atoms with van der Waals surface area (Å²) in [5, 5.41) is 2.68. The van der Waals surface area contributed by atoms with E-state index in [1.807, 2.05) is 0 Å². The van der Waals surface area contributed by atoms with Gasteiger partial charge in [0, 0.05) is 6.20 Å². The molecule has 2 aromatic heterocycles.